The van der Waals surface area contributed by atoms with E-state index in [1.807, 2.05) is 32.0 Å². The number of esters is 1. The Morgan fingerprint density at radius 2 is 1.88 bits per heavy atom. The zero-order chi connectivity index (χ0) is 18.8. The van der Waals surface area contributed by atoms with Crippen LogP contribution in [0.4, 0.5) is 5.69 Å². The Balaban J connectivity index is 1.68. The predicted molar refractivity (Wildman–Crippen MR) is 101 cm³/mol. The van der Waals surface area contributed by atoms with E-state index in [1.54, 1.807) is 25.1 Å². The third-order valence-corrected chi connectivity index (χ3v) is 4.32. The van der Waals surface area contributed by atoms with E-state index in [0.717, 1.165) is 16.5 Å². The van der Waals surface area contributed by atoms with Crippen LogP contribution in [0.25, 0.3) is 11.0 Å². The molecule has 3 aromatic rings. The van der Waals surface area contributed by atoms with E-state index in [4.69, 9.17) is 20.8 Å². The number of rotatable bonds is 4. The Hall–Kier alpha value is -2.79. The summed E-state index contributed by atoms with van der Waals surface area (Å²) in [6, 6.07) is 10.8. The quantitative estimate of drug-likeness (QED) is 0.668. The van der Waals surface area contributed by atoms with E-state index in [2.05, 4.69) is 5.32 Å². The number of fused-ring (bicyclic) bond motifs is 1. The number of furan rings is 1. The molecule has 5 nitrogen and oxygen atoms in total. The van der Waals surface area contributed by atoms with Gasteiger partial charge in [0.05, 0.1) is 0 Å². The molecule has 0 aliphatic carbocycles. The summed E-state index contributed by atoms with van der Waals surface area (Å²) >= 11 is 5.97. The van der Waals surface area contributed by atoms with Crippen molar-refractivity contribution in [1.29, 1.82) is 0 Å². The normalized spacial score (nSPS) is 10.8. The summed E-state index contributed by atoms with van der Waals surface area (Å²) in [5.74, 6) is -1.03. The molecule has 0 fully saturated rings. The number of nitrogens with one attached hydrogen (secondary N) is 1. The van der Waals surface area contributed by atoms with Crippen molar-refractivity contribution < 1.29 is 18.7 Å². The standard InChI is InChI=1S/C20H18ClNO4/c1-11-4-5-12(2)16(8-11)22-18(23)10-25-20(24)19-13(3)15-9-14(21)6-7-17(15)26-19/h4-9H,10H2,1-3H3,(H,22,23). The summed E-state index contributed by atoms with van der Waals surface area (Å²) in [6.45, 7) is 5.17. The molecule has 0 unspecified atom stereocenters. The zero-order valence-corrected chi connectivity index (χ0v) is 15.4. The number of ether oxygens (including phenoxy) is 1. The van der Waals surface area contributed by atoms with Crippen molar-refractivity contribution in [3.05, 3.63) is 63.9 Å². The minimum Gasteiger partial charge on any atom is -0.450 e. The molecule has 0 saturated heterocycles. The van der Waals surface area contributed by atoms with Gasteiger partial charge >= 0.3 is 5.97 Å². The summed E-state index contributed by atoms with van der Waals surface area (Å²) in [4.78, 5) is 24.3. The molecule has 2 aromatic carbocycles. The van der Waals surface area contributed by atoms with Gasteiger partial charge in [-0.05, 0) is 56.2 Å². The highest BCUT2D eigenvalue weighted by Gasteiger charge is 2.20. The van der Waals surface area contributed by atoms with Gasteiger partial charge in [0.15, 0.2) is 6.61 Å². The predicted octanol–water partition coefficient (Wildman–Crippen LogP) is 4.81. The van der Waals surface area contributed by atoms with Crippen LogP contribution in [-0.4, -0.2) is 18.5 Å². The van der Waals surface area contributed by atoms with Gasteiger partial charge in [0.25, 0.3) is 5.91 Å². The molecule has 0 bridgehead atoms. The summed E-state index contributed by atoms with van der Waals surface area (Å²) in [5, 5.41) is 4.03. The van der Waals surface area contributed by atoms with Crippen molar-refractivity contribution in [1.82, 2.24) is 0 Å². The second-order valence-electron chi connectivity index (χ2n) is 6.14. The fraction of sp³-hybridized carbons (Fsp3) is 0.200. The van der Waals surface area contributed by atoms with E-state index in [9.17, 15) is 9.59 Å². The first kappa shape index (κ1) is 18.0. The van der Waals surface area contributed by atoms with Gasteiger partial charge in [-0.1, -0.05) is 23.7 Å². The van der Waals surface area contributed by atoms with E-state index in [0.29, 0.717) is 21.9 Å². The van der Waals surface area contributed by atoms with Crippen LogP contribution in [-0.2, 0) is 9.53 Å². The van der Waals surface area contributed by atoms with Gasteiger partial charge in [-0.15, -0.1) is 0 Å². The molecule has 0 radical (unpaired) electrons. The molecule has 1 N–H and O–H groups in total. The first-order chi connectivity index (χ1) is 12.3. The van der Waals surface area contributed by atoms with Crippen molar-refractivity contribution >= 4 is 40.1 Å². The number of carbonyl (C=O) groups excluding carboxylic acids is 2. The maximum atomic E-state index is 12.3. The third-order valence-electron chi connectivity index (χ3n) is 4.09. The maximum Gasteiger partial charge on any atom is 0.375 e. The first-order valence-corrected chi connectivity index (χ1v) is 8.46. The lowest BCUT2D eigenvalue weighted by Crippen LogP contribution is -2.21. The van der Waals surface area contributed by atoms with E-state index in [1.165, 1.54) is 0 Å². The summed E-state index contributed by atoms with van der Waals surface area (Å²) in [5.41, 5.74) is 3.82. The lowest BCUT2D eigenvalue weighted by molar-refractivity contribution is -0.119. The van der Waals surface area contributed by atoms with E-state index < -0.39 is 18.5 Å². The zero-order valence-electron chi connectivity index (χ0n) is 14.7. The molecule has 0 aliphatic heterocycles. The number of aryl methyl sites for hydroxylation is 3. The van der Waals surface area contributed by atoms with E-state index >= 15 is 0 Å². The molecule has 26 heavy (non-hydrogen) atoms. The highest BCUT2D eigenvalue weighted by Crippen LogP contribution is 2.28. The molecule has 0 atom stereocenters. The Kier molecular flexibility index (Phi) is 5.00. The topological polar surface area (TPSA) is 68.5 Å². The van der Waals surface area contributed by atoms with Crippen LogP contribution in [0.1, 0.15) is 27.2 Å². The van der Waals surface area contributed by atoms with Crippen LogP contribution in [0, 0.1) is 20.8 Å². The number of carbonyl (C=O) groups is 2. The SMILES string of the molecule is Cc1ccc(C)c(NC(=O)COC(=O)c2oc3ccc(Cl)cc3c2C)c1. The first-order valence-electron chi connectivity index (χ1n) is 8.08. The molecule has 1 heterocycles. The lowest BCUT2D eigenvalue weighted by Gasteiger charge is -2.09. The highest BCUT2D eigenvalue weighted by atomic mass is 35.5. The van der Waals surface area contributed by atoms with Crippen LogP contribution in [0.5, 0.6) is 0 Å². The van der Waals surface area contributed by atoms with Crippen molar-refractivity contribution in [3.8, 4) is 0 Å². The molecular weight excluding hydrogens is 354 g/mol. The number of benzene rings is 2. The summed E-state index contributed by atoms with van der Waals surface area (Å²) in [7, 11) is 0. The van der Waals surface area contributed by atoms with Crippen molar-refractivity contribution in [2.24, 2.45) is 0 Å². The largest absolute Gasteiger partial charge is 0.450 e. The second-order valence-corrected chi connectivity index (χ2v) is 6.58. The molecule has 134 valence electrons. The van der Waals surface area contributed by atoms with Crippen LogP contribution >= 0.6 is 11.6 Å². The number of halogens is 1. The molecular formula is C20H18ClNO4. The fourth-order valence-electron chi connectivity index (χ4n) is 2.64. The van der Waals surface area contributed by atoms with Crippen LogP contribution < -0.4 is 5.32 Å². The van der Waals surface area contributed by atoms with Gasteiger partial charge in [-0.25, -0.2) is 4.79 Å². The van der Waals surface area contributed by atoms with Crippen LogP contribution in [0.3, 0.4) is 0 Å². The van der Waals surface area contributed by atoms with Gasteiger partial charge in [-0.3, -0.25) is 4.79 Å². The molecule has 0 spiro atoms. The van der Waals surface area contributed by atoms with Crippen LogP contribution in [0.15, 0.2) is 40.8 Å². The molecule has 1 aromatic heterocycles. The van der Waals surface area contributed by atoms with Gasteiger partial charge in [0.1, 0.15) is 5.58 Å². The Labute approximate surface area is 155 Å². The number of hydrogen-bond donors (Lipinski definition) is 1. The second kappa shape index (κ2) is 7.22. The van der Waals surface area contributed by atoms with Gasteiger partial charge in [0, 0.05) is 21.7 Å². The Bertz CT molecular complexity index is 1010. The molecule has 1 amide bonds. The summed E-state index contributed by atoms with van der Waals surface area (Å²) in [6.07, 6.45) is 0. The fourth-order valence-corrected chi connectivity index (χ4v) is 2.81. The van der Waals surface area contributed by atoms with Gasteiger partial charge in [0.2, 0.25) is 5.76 Å². The van der Waals surface area contributed by atoms with Crippen molar-refractivity contribution in [2.75, 3.05) is 11.9 Å². The minimum atomic E-state index is -0.689. The minimum absolute atomic E-state index is 0.0711. The highest BCUT2D eigenvalue weighted by molar-refractivity contribution is 6.31. The number of amides is 1. The van der Waals surface area contributed by atoms with E-state index in [-0.39, 0.29) is 5.76 Å². The molecule has 0 aliphatic rings. The Morgan fingerprint density at radius 1 is 1.12 bits per heavy atom. The van der Waals surface area contributed by atoms with Crippen molar-refractivity contribution in [3.63, 3.8) is 0 Å². The number of anilines is 1. The number of hydrogen-bond acceptors (Lipinski definition) is 4. The summed E-state index contributed by atoms with van der Waals surface area (Å²) < 4.78 is 10.6. The average molecular weight is 372 g/mol. The average Bonchev–Trinajstić information content (AvgIpc) is 2.92. The molecule has 0 saturated carbocycles. The van der Waals surface area contributed by atoms with Gasteiger partial charge in [-0.2, -0.15) is 0 Å². The van der Waals surface area contributed by atoms with Crippen molar-refractivity contribution in [2.45, 2.75) is 20.8 Å². The third kappa shape index (κ3) is 3.73. The molecule has 3 rings (SSSR count). The maximum absolute atomic E-state index is 12.3. The lowest BCUT2D eigenvalue weighted by atomic mass is 10.1. The Morgan fingerprint density at radius 3 is 2.65 bits per heavy atom. The van der Waals surface area contributed by atoms with Gasteiger partial charge < -0.3 is 14.5 Å². The molecule has 6 heteroatoms. The monoisotopic (exact) mass is 371 g/mol. The smallest absolute Gasteiger partial charge is 0.375 e. The van der Waals surface area contributed by atoms with Crippen LogP contribution in [0.2, 0.25) is 5.02 Å².